The lowest BCUT2D eigenvalue weighted by molar-refractivity contribution is -0.129. The molecule has 0 saturated carbocycles. The Bertz CT molecular complexity index is 739. The monoisotopic (exact) mass is 312 g/mol. The van der Waals surface area contributed by atoms with Gasteiger partial charge in [-0.3, -0.25) is 9.78 Å². The minimum atomic E-state index is -0.452. The quantitative estimate of drug-likeness (QED) is 0.893. The van der Waals surface area contributed by atoms with E-state index in [9.17, 15) is 9.59 Å². The third-order valence-corrected chi connectivity index (χ3v) is 4.02. The van der Waals surface area contributed by atoms with Crippen LogP contribution < -0.4 is 10.6 Å². The van der Waals surface area contributed by atoms with E-state index in [0.717, 1.165) is 10.9 Å². The molecule has 1 aliphatic heterocycles. The van der Waals surface area contributed by atoms with E-state index in [1.807, 2.05) is 44.2 Å². The minimum absolute atomic E-state index is 0.0479. The summed E-state index contributed by atoms with van der Waals surface area (Å²) in [5, 5.41) is 6.68. The maximum atomic E-state index is 12.7. The van der Waals surface area contributed by atoms with E-state index in [1.165, 1.54) is 0 Å². The molecule has 1 unspecified atom stereocenters. The zero-order valence-electron chi connectivity index (χ0n) is 13.2. The zero-order chi connectivity index (χ0) is 16.4. The smallest absolute Gasteiger partial charge is 0.322 e. The highest BCUT2D eigenvalue weighted by Gasteiger charge is 2.35. The average Bonchev–Trinajstić information content (AvgIpc) is 2.54. The van der Waals surface area contributed by atoms with E-state index >= 15 is 0 Å². The standard InChI is InChI=1S/C17H20N4O2/c1-11(2)15-16(22)19-9-10-21(15)17(23)20-13-7-3-5-12-6-4-8-18-14(12)13/h3-8,11,15H,9-10H2,1-2H3,(H,19,22)(H,20,23). The first-order valence-electron chi connectivity index (χ1n) is 7.77. The number of anilines is 1. The number of nitrogens with one attached hydrogen (secondary N) is 2. The molecule has 3 amide bonds. The Morgan fingerprint density at radius 2 is 2.13 bits per heavy atom. The van der Waals surface area contributed by atoms with Crippen molar-refractivity contribution in [2.45, 2.75) is 19.9 Å². The molecule has 2 aromatic rings. The van der Waals surface area contributed by atoms with Gasteiger partial charge in [-0.05, 0) is 18.1 Å². The number of aromatic nitrogens is 1. The molecule has 1 atom stereocenters. The van der Waals surface area contributed by atoms with Gasteiger partial charge in [-0.25, -0.2) is 4.79 Å². The summed E-state index contributed by atoms with van der Waals surface area (Å²) in [4.78, 5) is 30.7. The summed E-state index contributed by atoms with van der Waals surface area (Å²) in [6.45, 7) is 4.85. The molecule has 6 heteroatoms. The van der Waals surface area contributed by atoms with E-state index in [0.29, 0.717) is 18.8 Å². The van der Waals surface area contributed by atoms with Gasteiger partial charge in [0.05, 0.1) is 11.2 Å². The third kappa shape index (κ3) is 2.97. The summed E-state index contributed by atoms with van der Waals surface area (Å²) < 4.78 is 0. The predicted octanol–water partition coefficient (Wildman–Crippen LogP) is 2.22. The Morgan fingerprint density at radius 3 is 2.91 bits per heavy atom. The number of para-hydroxylation sites is 1. The van der Waals surface area contributed by atoms with Crippen LogP contribution in [0.2, 0.25) is 0 Å². The number of amides is 3. The summed E-state index contributed by atoms with van der Waals surface area (Å²) in [6.07, 6.45) is 1.70. The first kappa shape index (κ1) is 15.3. The molecule has 23 heavy (non-hydrogen) atoms. The van der Waals surface area contributed by atoms with Crippen molar-refractivity contribution in [1.82, 2.24) is 15.2 Å². The lowest BCUT2D eigenvalue weighted by Crippen LogP contribution is -2.60. The summed E-state index contributed by atoms with van der Waals surface area (Å²) in [5.41, 5.74) is 1.40. The van der Waals surface area contributed by atoms with Gasteiger partial charge in [0.25, 0.3) is 0 Å². The molecular formula is C17H20N4O2. The molecule has 1 aliphatic rings. The van der Waals surface area contributed by atoms with E-state index < -0.39 is 6.04 Å². The Kier molecular flexibility index (Phi) is 4.14. The molecular weight excluding hydrogens is 292 g/mol. The molecule has 120 valence electrons. The summed E-state index contributed by atoms with van der Waals surface area (Å²) in [7, 11) is 0. The fraction of sp³-hybridized carbons (Fsp3) is 0.353. The van der Waals surface area contributed by atoms with Gasteiger partial charge >= 0.3 is 6.03 Å². The first-order chi connectivity index (χ1) is 11.1. The van der Waals surface area contributed by atoms with E-state index in [4.69, 9.17) is 0 Å². The largest absolute Gasteiger partial charge is 0.353 e. The van der Waals surface area contributed by atoms with Crippen LogP contribution in [0.25, 0.3) is 10.9 Å². The van der Waals surface area contributed by atoms with Gasteiger partial charge in [-0.2, -0.15) is 0 Å². The number of hydrogen-bond donors (Lipinski definition) is 2. The molecule has 2 N–H and O–H groups in total. The molecule has 0 bridgehead atoms. The molecule has 0 radical (unpaired) electrons. The number of nitrogens with zero attached hydrogens (tertiary/aromatic N) is 2. The number of urea groups is 1. The van der Waals surface area contributed by atoms with Crippen LogP contribution in [0.15, 0.2) is 36.5 Å². The number of rotatable bonds is 2. The highest BCUT2D eigenvalue weighted by atomic mass is 16.2. The lowest BCUT2D eigenvalue weighted by atomic mass is 10.00. The number of fused-ring (bicyclic) bond motifs is 1. The number of benzene rings is 1. The second kappa shape index (κ2) is 6.24. The summed E-state index contributed by atoms with van der Waals surface area (Å²) in [5.74, 6) is -0.0517. The van der Waals surface area contributed by atoms with Gasteiger partial charge in [-0.15, -0.1) is 0 Å². The molecule has 1 saturated heterocycles. The van der Waals surface area contributed by atoms with Crippen molar-refractivity contribution >= 4 is 28.5 Å². The molecule has 1 fully saturated rings. The van der Waals surface area contributed by atoms with E-state index in [1.54, 1.807) is 11.1 Å². The van der Waals surface area contributed by atoms with E-state index in [2.05, 4.69) is 15.6 Å². The fourth-order valence-corrected chi connectivity index (χ4v) is 2.97. The van der Waals surface area contributed by atoms with Crippen molar-refractivity contribution < 1.29 is 9.59 Å². The van der Waals surface area contributed by atoms with Crippen LogP contribution in [0, 0.1) is 5.92 Å². The van der Waals surface area contributed by atoms with Crippen LogP contribution in [0.3, 0.4) is 0 Å². The first-order valence-corrected chi connectivity index (χ1v) is 7.77. The molecule has 2 heterocycles. The third-order valence-electron chi connectivity index (χ3n) is 4.02. The second-order valence-corrected chi connectivity index (χ2v) is 5.98. The molecule has 1 aromatic carbocycles. The van der Waals surface area contributed by atoms with Crippen molar-refractivity contribution in [1.29, 1.82) is 0 Å². The van der Waals surface area contributed by atoms with Crippen molar-refractivity contribution in [3.63, 3.8) is 0 Å². The molecule has 0 aliphatic carbocycles. The van der Waals surface area contributed by atoms with Crippen molar-refractivity contribution in [2.24, 2.45) is 5.92 Å². The Hall–Kier alpha value is -2.63. The number of carbonyl (C=O) groups excluding carboxylic acids is 2. The molecule has 3 rings (SSSR count). The Balaban J connectivity index is 1.86. The second-order valence-electron chi connectivity index (χ2n) is 5.98. The molecule has 6 nitrogen and oxygen atoms in total. The number of pyridine rings is 1. The van der Waals surface area contributed by atoms with Gasteiger partial charge in [0, 0.05) is 24.7 Å². The van der Waals surface area contributed by atoms with Gasteiger partial charge in [0.1, 0.15) is 6.04 Å². The number of hydrogen-bond acceptors (Lipinski definition) is 3. The maximum absolute atomic E-state index is 12.7. The normalized spacial score (nSPS) is 18.1. The van der Waals surface area contributed by atoms with Gasteiger partial charge < -0.3 is 15.5 Å². The molecule has 0 spiro atoms. The summed E-state index contributed by atoms with van der Waals surface area (Å²) in [6, 6.07) is 8.73. The Morgan fingerprint density at radius 1 is 1.35 bits per heavy atom. The van der Waals surface area contributed by atoms with E-state index in [-0.39, 0.29) is 17.9 Å². The van der Waals surface area contributed by atoms with Crippen LogP contribution in [-0.4, -0.2) is 41.0 Å². The summed E-state index contributed by atoms with van der Waals surface area (Å²) >= 11 is 0. The van der Waals surface area contributed by atoms with Crippen molar-refractivity contribution in [3.05, 3.63) is 36.5 Å². The number of piperazine rings is 1. The van der Waals surface area contributed by atoms with Crippen LogP contribution >= 0.6 is 0 Å². The molecule has 1 aromatic heterocycles. The fourth-order valence-electron chi connectivity index (χ4n) is 2.97. The average molecular weight is 312 g/mol. The highest BCUT2D eigenvalue weighted by molar-refractivity contribution is 6.01. The lowest BCUT2D eigenvalue weighted by Gasteiger charge is -2.37. The van der Waals surface area contributed by atoms with Crippen LogP contribution in [-0.2, 0) is 4.79 Å². The van der Waals surface area contributed by atoms with Crippen LogP contribution in [0.5, 0.6) is 0 Å². The minimum Gasteiger partial charge on any atom is -0.353 e. The van der Waals surface area contributed by atoms with Gasteiger partial charge in [0.15, 0.2) is 0 Å². The van der Waals surface area contributed by atoms with Gasteiger partial charge in [0.2, 0.25) is 5.91 Å². The topological polar surface area (TPSA) is 74.3 Å². The highest BCUT2D eigenvalue weighted by Crippen LogP contribution is 2.22. The van der Waals surface area contributed by atoms with Crippen molar-refractivity contribution in [2.75, 3.05) is 18.4 Å². The van der Waals surface area contributed by atoms with Gasteiger partial charge in [-0.1, -0.05) is 32.0 Å². The SMILES string of the molecule is CC(C)C1C(=O)NCCN1C(=O)Nc1cccc2cccnc12. The van der Waals surface area contributed by atoms with Crippen molar-refractivity contribution in [3.8, 4) is 0 Å². The van der Waals surface area contributed by atoms with Crippen LogP contribution in [0.1, 0.15) is 13.8 Å². The number of carbonyl (C=O) groups is 2. The zero-order valence-corrected chi connectivity index (χ0v) is 13.2. The maximum Gasteiger partial charge on any atom is 0.322 e. The predicted molar refractivity (Wildman–Crippen MR) is 89.1 cm³/mol. The Labute approximate surface area is 134 Å². The van der Waals surface area contributed by atoms with Crippen LogP contribution in [0.4, 0.5) is 10.5 Å².